The summed E-state index contributed by atoms with van der Waals surface area (Å²) < 4.78 is 29.3. The predicted octanol–water partition coefficient (Wildman–Crippen LogP) is -0.435. The Morgan fingerprint density at radius 3 is 2.50 bits per heavy atom. The first-order valence-electron chi connectivity index (χ1n) is 1.17. The first-order valence-corrected chi connectivity index (χ1v) is 6.86. The summed E-state index contributed by atoms with van der Waals surface area (Å²) >= 11 is 0.858. The van der Waals surface area contributed by atoms with Gasteiger partial charge < -0.3 is 0 Å². The molecule has 0 N–H and O–H groups in total. The Balaban J connectivity index is 3.55. The van der Waals surface area contributed by atoms with Crippen LogP contribution in [0.25, 0.3) is 0 Å². The fraction of sp³-hybridized carbons (Fsp3) is 0. The second kappa shape index (κ2) is 4.40. The van der Waals surface area contributed by atoms with E-state index < -0.39 is 28.4 Å². The monoisotopic (exact) mass is 339 g/mol. The Labute approximate surface area is 68.5 Å². The van der Waals surface area contributed by atoms with Crippen molar-refractivity contribution in [2.75, 3.05) is 0 Å². The van der Waals surface area contributed by atoms with Crippen molar-refractivity contribution in [2.24, 2.45) is 0 Å². The van der Waals surface area contributed by atoms with Gasteiger partial charge in [0, 0.05) is 0 Å². The van der Waals surface area contributed by atoms with Gasteiger partial charge in [-0.2, -0.15) is 0 Å². The third kappa shape index (κ3) is 4.46. The van der Waals surface area contributed by atoms with Crippen molar-refractivity contribution in [3.05, 3.63) is 0 Å². The second-order valence-electron chi connectivity index (χ2n) is 0.627. The average Bonchev–Trinajstić information content (AvgIpc) is 1.67. The Kier molecular flexibility index (Phi) is 5.27. The van der Waals surface area contributed by atoms with Crippen LogP contribution in [-0.2, 0) is 11.0 Å². The van der Waals surface area contributed by atoms with E-state index in [4.69, 9.17) is 8.91 Å². The van der Waals surface area contributed by atoms with Crippen molar-refractivity contribution < 1.29 is 35.7 Å². The molecule has 0 amide bonds. The summed E-state index contributed by atoms with van der Waals surface area (Å²) in [7, 11) is 0.600. The van der Waals surface area contributed by atoms with E-state index in [1.807, 2.05) is 0 Å². The normalized spacial score (nSPS) is 18.4. The molecule has 0 rings (SSSR count). The van der Waals surface area contributed by atoms with Crippen LogP contribution in [-0.4, -0.2) is 0 Å². The molecule has 0 heterocycles. The molecular weight excluding hydrogens is 340 g/mol. The van der Waals surface area contributed by atoms with Crippen molar-refractivity contribution in [3.63, 3.8) is 0 Å². The zero-order valence-electron chi connectivity index (χ0n) is 3.18. The fourth-order valence-corrected chi connectivity index (χ4v) is 2.99. The standard InChI is InChI=1S/BrClFIO3P/c1-6-8(3,5)7-4-2/q-1. The molecule has 0 fully saturated rings. The summed E-state index contributed by atoms with van der Waals surface area (Å²) in [6, 6.07) is 0. The molecule has 8 heteroatoms. The number of hydrogen-bond donors (Lipinski definition) is 0. The first-order chi connectivity index (χ1) is 3.62. The maximum atomic E-state index is 11.8. The van der Waals surface area contributed by atoms with Crippen LogP contribution < -0.4 is 20.5 Å². The number of halogens is 4. The van der Waals surface area contributed by atoms with Crippen molar-refractivity contribution in [3.8, 4) is 0 Å². The van der Waals surface area contributed by atoms with Gasteiger partial charge in [-0.3, -0.25) is 0 Å². The predicted molar refractivity (Wildman–Crippen MR) is 25.7 cm³/mol. The van der Waals surface area contributed by atoms with E-state index in [1.54, 1.807) is 0 Å². The van der Waals surface area contributed by atoms with Gasteiger partial charge in [0.2, 0.25) is 0 Å². The quantitative estimate of drug-likeness (QED) is 0.517. The van der Waals surface area contributed by atoms with Crippen LogP contribution in [0.2, 0.25) is 0 Å². The van der Waals surface area contributed by atoms with Crippen LogP contribution in [0.5, 0.6) is 0 Å². The molecule has 52 valence electrons. The van der Waals surface area contributed by atoms with Crippen LogP contribution >= 0.6 is 33.1 Å². The van der Waals surface area contributed by atoms with Crippen LogP contribution in [0.15, 0.2) is 0 Å². The molecular formula is BrClFIO3P-. The van der Waals surface area contributed by atoms with E-state index in [9.17, 15) is 8.76 Å². The third-order valence-electron chi connectivity index (χ3n) is 0.191. The van der Waals surface area contributed by atoms with Gasteiger partial charge in [-0.15, -0.1) is 0 Å². The maximum absolute atomic E-state index is 11.8. The Morgan fingerprint density at radius 1 is 1.88 bits per heavy atom. The van der Waals surface area contributed by atoms with Gasteiger partial charge in [0.1, 0.15) is 0 Å². The molecule has 0 bridgehead atoms. The molecule has 0 spiro atoms. The Hall–Kier alpha value is 1.58. The van der Waals surface area contributed by atoms with E-state index in [0.717, 1.165) is 0 Å². The summed E-state index contributed by atoms with van der Waals surface area (Å²) in [4.78, 5) is 0. The third-order valence-corrected chi connectivity index (χ3v) is 4.52. The summed E-state index contributed by atoms with van der Waals surface area (Å²) in [5, 5.41) is 0. The minimum absolute atomic E-state index is 1.31. The van der Waals surface area contributed by atoms with Gasteiger partial charge in [-0.1, -0.05) is 0 Å². The summed E-state index contributed by atoms with van der Waals surface area (Å²) in [5.41, 5.74) is 0. The summed E-state index contributed by atoms with van der Waals surface area (Å²) in [6.07, 6.45) is 0. The van der Waals surface area contributed by atoms with Gasteiger partial charge in [0.05, 0.1) is 0 Å². The van der Waals surface area contributed by atoms with E-state index in [-0.39, 0.29) is 0 Å². The molecule has 0 aliphatic heterocycles. The van der Waals surface area contributed by atoms with Crippen molar-refractivity contribution in [1.82, 2.24) is 0 Å². The van der Waals surface area contributed by atoms with E-state index >= 15 is 0 Å². The van der Waals surface area contributed by atoms with Crippen molar-refractivity contribution in [1.29, 1.82) is 0 Å². The molecule has 1 unspecified atom stereocenters. The van der Waals surface area contributed by atoms with Gasteiger partial charge in [0.15, 0.2) is 0 Å². The van der Waals surface area contributed by atoms with E-state index in [2.05, 4.69) is 22.7 Å². The molecule has 0 aromatic rings. The van der Waals surface area contributed by atoms with Crippen LogP contribution in [0.3, 0.4) is 0 Å². The molecule has 8 heavy (non-hydrogen) atoms. The van der Waals surface area contributed by atoms with Crippen LogP contribution in [0, 0.1) is 0 Å². The summed E-state index contributed by atoms with van der Waals surface area (Å²) in [6.45, 7) is 0. The van der Waals surface area contributed by atoms with Crippen molar-refractivity contribution >= 4 is 33.1 Å². The Bertz CT molecular complexity index is 109. The molecule has 0 saturated carbocycles. The number of hydrogen-bond acceptors (Lipinski definition) is 3. The van der Waals surface area contributed by atoms with Gasteiger partial charge in [-0.25, -0.2) is 0 Å². The van der Waals surface area contributed by atoms with Gasteiger partial charge in [0.25, 0.3) is 0 Å². The van der Waals surface area contributed by atoms with Gasteiger partial charge in [-0.05, 0) is 0 Å². The molecule has 0 aromatic heterocycles. The topological polar surface area (TPSA) is 35.5 Å². The first kappa shape index (κ1) is 9.58. The molecule has 0 aliphatic rings. The SMILES string of the molecule is O=P(F)(OBr)O[I-]Cl. The Morgan fingerprint density at radius 2 is 2.38 bits per heavy atom. The summed E-state index contributed by atoms with van der Waals surface area (Å²) in [5.74, 6) is 0. The van der Waals surface area contributed by atoms with E-state index in [1.165, 1.54) is 0 Å². The molecule has 0 saturated heterocycles. The van der Waals surface area contributed by atoms with E-state index in [0.29, 0.717) is 0 Å². The molecule has 0 aliphatic carbocycles. The van der Waals surface area contributed by atoms with Crippen LogP contribution in [0.1, 0.15) is 0 Å². The zero-order valence-corrected chi connectivity index (χ0v) is 8.58. The fourth-order valence-electron chi connectivity index (χ4n) is 0.0418. The minimum atomic E-state index is -4.34. The average molecular weight is 340 g/mol. The van der Waals surface area contributed by atoms with Crippen LogP contribution in [0.4, 0.5) is 4.20 Å². The molecule has 0 aromatic carbocycles. The second-order valence-corrected chi connectivity index (χ2v) is 4.93. The van der Waals surface area contributed by atoms with Crippen molar-refractivity contribution in [2.45, 2.75) is 0 Å². The molecule has 1 atom stereocenters. The van der Waals surface area contributed by atoms with Gasteiger partial charge >= 0.3 is 68.8 Å². The molecule has 0 radical (unpaired) electrons. The zero-order chi connectivity index (χ0) is 6.62. The molecule has 3 nitrogen and oxygen atoms in total. The number of rotatable bonds is 3.